The molecule has 1 aromatic carbocycles. The fourth-order valence-electron chi connectivity index (χ4n) is 2.87. The SMILES string of the molecule is CCOC(c1ccccc1)c1noc([C@@H]2CC[C@H](N)C2)n1. The Morgan fingerprint density at radius 3 is 2.81 bits per heavy atom. The molecule has 0 spiro atoms. The average molecular weight is 287 g/mol. The Bertz CT molecular complexity index is 570. The highest BCUT2D eigenvalue weighted by molar-refractivity contribution is 5.22. The van der Waals surface area contributed by atoms with Gasteiger partial charge in [0.05, 0.1) is 0 Å². The van der Waals surface area contributed by atoms with Crippen LogP contribution in [0.15, 0.2) is 34.9 Å². The third-order valence-electron chi connectivity index (χ3n) is 3.95. The average Bonchev–Trinajstić information content (AvgIpc) is 3.14. The molecule has 0 amide bonds. The van der Waals surface area contributed by atoms with E-state index < -0.39 is 0 Å². The first-order valence-electron chi connectivity index (χ1n) is 7.53. The summed E-state index contributed by atoms with van der Waals surface area (Å²) in [6.07, 6.45) is 2.69. The van der Waals surface area contributed by atoms with Gasteiger partial charge in [0.1, 0.15) is 6.10 Å². The van der Waals surface area contributed by atoms with Gasteiger partial charge >= 0.3 is 0 Å². The van der Waals surface area contributed by atoms with E-state index in [9.17, 15) is 0 Å². The minimum absolute atomic E-state index is 0.252. The second kappa shape index (κ2) is 6.37. The highest BCUT2D eigenvalue weighted by atomic mass is 16.5. The zero-order valence-electron chi connectivity index (χ0n) is 12.2. The molecule has 1 aliphatic carbocycles. The first-order valence-corrected chi connectivity index (χ1v) is 7.53. The van der Waals surface area contributed by atoms with E-state index in [0.29, 0.717) is 24.2 Å². The quantitative estimate of drug-likeness (QED) is 0.915. The number of aromatic nitrogens is 2. The Kier molecular flexibility index (Phi) is 4.31. The Morgan fingerprint density at radius 1 is 1.33 bits per heavy atom. The maximum Gasteiger partial charge on any atom is 0.229 e. The van der Waals surface area contributed by atoms with Crippen molar-refractivity contribution in [2.75, 3.05) is 6.61 Å². The summed E-state index contributed by atoms with van der Waals surface area (Å²) in [6.45, 7) is 2.56. The highest BCUT2D eigenvalue weighted by Crippen LogP contribution is 2.33. The van der Waals surface area contributed by atoms with Crippen molar-refractivity contribution in [3.8, 4) is 0 Å². The standard InChI is InChI=1S/C16H21N3O2/c1-2-20-14(11-6-4-3-5-7-11)15-18-16(21-19-15)12-8-9-13(17)10-12/h3-7,12-14H,2,8-10,17H2,1H3/t12-,13+,14?/m1/s1. The number of hydrogen-bond acceptors (Lipinski definition) is 5. The molecule has 0 radical (unpaired) electrons. The molecule has 2 N–H and O–H groups in total. The van der Waals surface area contributed by atoms with Gasteiger partial charge in [-0.25, -0.2) is 0 Å². The zero-order chi connectivity index (χ0) is 14.7. The van der Waals surface area contributed by atoms with Gasteiger partial charge in [0.2, 0.25) is 11.7 Å². The number of hydrogen-bond donors (Lipinski definition) is 1. The van der Waals surface area contributed by atoms with E-state index in [4.69, 9.17) is 15.0 Å². The fourth-order valence-corrected chi connectivity index (χ4v) is 2.87. The lowest BCUT2D eigenvalue weighted by atomic mass is 10.1. The Morgan fingerprint density at radius 2 is 2.14 bits per heavy atom. The maximum absolute atomic E-state index is 5.95. The van der Waals surface area contributed by atoms with Crippen molar-refractivity contribution < 1.29 is 9.26 Å². The highest BCUT2D eigenvalue weighted by Gasteiger charge is 2.29. The monoisotopic (exact) mass is 287 g/mol. The predicted octanol–water partition coefficient (Wildman–Crippen LogP) is 2.79. The van der Waals surface area contributed by atoms with Gasteiger partial charge in [-0.3, -0.25) is 0 Å². The summed E-state index contributed by atoms with van der Waals surface area (Å²) < 4.78 is 11.3. The third-order valence-corrected chi connectivity index (χ3v) is 3.95. The van der Waals surface area contributed by atoms with Crippen LogP contribution in [0.5, 0.6) is 0 Å². The van der Waals surface area contributed by atoms with E-state index in [1.165, 1.54) is 0 Å². The summed E-state index contributed by atoms with van der Waals surface area (Å²) >= 11 is 0. The zero-order valence-corrected chi connectivity index (χ0v) is 12.2. The molecule has 1 fully saturated rings. The minimum Gasteiger partial charge on any atom is -0.366 e. The molecule has 1 aromatic heterocycles. The molecule has 21 heavy (non-hydrogen) atoms. The molecule has 1 saturated carbocycles. The lowest BCUT2D eigenvalue weighted by Gasteiger charge is -2.13. The summed E-state index contributed by atoms with van der Waals surface area (Å²) in [5.74, 6) is 1.58. The number of nitrogens with zero attached hydrogens (tertiary/aromatic N) is 2. The first kappa shape index (κ1) is 14.2. The van der Waals surface area contributed by atoms with E-state index in [1.54, 1.807) is 0 Å². The summed E-state index contributed by atoms with van der Waals surface area (Å²) in [7, 11) is 0. The van der Waals surface area contributed by atoms with E-state index >= 15 is 0 Å². The third kappa shape index (κ3) is 3.14. The molecule has 0 aliphatic heterocycles. The van der Waals surface area contributed by atoms with Gasteiger partial charge in [0.25, 0.3) is 0 Å². The van der Waals surface area contributed by atoms with Gasteiger partial charge < -0.3 is 15.0 Å². The van der Waals surface area contributed by atoms with Crippen molar-refractivity contribution in [1.29, 1.82) is 0 Å². The number of benzene rings is 1. The van der Waals surface area contributed by atoms with E-state index in [2.05, 4.69) is 10.1 Å². The number of rotatable bonds is 5. The van der Waals surface area contributed by atoms with Crippen LogP contribution in [0.2, 0.25) is 0 Å². The van der Waals surface area contributed by atoms with Crippen molar-refractivity contribution in [2.24, 2.45) is 5.73 Å². The summed E-state index contributed by atoms with van der Waals surface area (Å²) in [5, 5.41) is 4.13. The molecule has 3 rings (SSSR count). The van der Waals surface area contributed by atoms with Crippen LogP contribution in [-0.4, -0.2) is 22.8 Å². The van der Waals surface area contributed by atoms with Crippen LogP contribution in [0.25, 0.3) is 0 Å². The van der Waals surface area contributed by atoms with Gasteiger partial charge in [-0.1, -0.05) is 35.5 Å². The van der Waals surface area contributed by atoms with E-state index in [1.807, 2.05) is 37.3 Å². The topological polar surface area (TPSA) is 74.2 Å². The molecular weight excluding hydrogens is 266 g/mol. The summed E-state index contributed by atoms with van der Waals surface area (Å²) in [5.41, 5.74) is 6.99. The Labute approximate surface area is 124 Å². The lowest BCUT2D eigenvalue weighted by Crippen LogP contribution is -2.14. The molecule has 5 nitrogen and oxygen atoms in total. The molecule has 112 valence electrons. The van der Waals surface area contributed by atoms with Crippen molar-refractivity contribution in [3.05, 3.63) is 47.6 Å². The van der Waals surface area contributed by atoms with Gasteiger partial charge in [-0.2, -0.15) is 4.98 Å². The van der Waals surface area contributed by atoms with Crippen molar-refractivity contribution in [1.82, 2.24) is 10.1 Å². The van der Waals surface area contributed by atoms with Crippen LogP contribution in [0.4, 0.5) is 0 Å². The first-order chi connectivity index (χ1) is 10.3. The molecule has 5 heteroatoms. The molecule has 0 bridgehead atoms. The largest absolute Gasteiger partial charge is 0.366 e. The minimum atomic E-state index is -0.274. The van der Waals surface area contributed by atoms with Gasteiger partial charge in [-0.05, 0) is 31.7 Å². The van der Waals surface area contributed by atoms with E-state index in [0.717, 1.165) is 24.8 Å². The molecular formula is C16H21N3O2. The Hall–Kier alpha value is -1.72. The second-order valence-corrected chi connectivity index (χ2v) is 5.51. The molecule has 3 atom stereocenters. The maximum atomic E-state index is 5.95. The summed E-state index contributed by atoms with van der Waals surface area (Å²) in [4.78, 5) is 4.56. The van der Waals surface area contributed by atoms with Crippen molar-refractivity contribution in [3.63, 3.8) is 0 Å². The van der Waals surface area contributed by atoms with E-state index in [-0.39, 0.29) is 12.1 Å². The molecule has 0 saturated heterocycles. The van der Waals surface area contributed by atoms with Crippen molar-refractivity contribution >= 4 is 0 Å². The molecule has 2 aromatic rings. The second-order valence-electron chi connectivity index (χ2n) is 5.51. The smallest absolute Gasteiger partial charge is 0.229 e. The van der Waals surface area contributed by atoms with Gasteiger partial charge in [-0.15, -0.1) is 0 Å². The lowest BCUT2D eigenvalue weighted by molar-refractivity contribution is 0.0833. The molecule has 1 heterocycles. The van der Waals surface area contributed by atoms with Crippen LogP contribution >= 0.6 is 0 Å². The summed E-state index contributed by atoms with van der Waals surface area (Å²) in [6, 6.07) is 10.2. The normalized spacial score (nSPS) is 23.3. The number of ether oxygens (including phenoxy) is 1. The van der Waals surface area contributed by atoms with Crippen LogP contribution in [0.1, 0.15) is 55.5 Å². The van der Waals surface area contributed by atoms with Crippen LogP contribution < -0.4 is 5.73 Å². The van der Waals surface area contributed by atoms with Crippen LogP contribution in [0.3, 0.4) is 0 Å². The van der Waals surface area contributed by atoms with Gasteiger partial charge in [0, 0.05) is 18.6 Å². The van der Waals surface area contributed by atoms with Crippen LogP contribution in [-0.2, 0) is 4.74 Å². The van der Waals surface area contributed by atoms with Crippen LogP contribution in [0, 0.1) is 0 Å². The van der Waals surface area contributed by atoms with Crippen molar-refractivity contribution in [2.45, 2.75) is 44.2 Å². The molecule has 1 aliphatic rings. The van der Waals surface area contributed by atoms with Gasteiger partial charge in [0.15, 0.2) is 0 Å². The fraction of sp³-hybridized carbons (Fsp3) is 0.500. The molecule has 1 unspecified atom stereocenters. The predicted molar refractivity (Wildman–Crippen MR) is 78.8 cm³/mol. The Balaban J connectivity index is 1.82. The number of nitrogens with two attached hydrogens (primary N) is 1.